The average molecular weight is 248 g/mol. The number of carbonyl (C=O) groups is 1. The predicted molar refractivity (Wildman–Crippen MR) is 68.2 cm³/mol. The zero-order valence-corrected chi connectivity index (χ0v) is 10.6. The van der Waals surface area contributed by atoms with Gasteiger partial charge in [-0.1, -0.05) is 0 Å². The maximum atomic E-state index is 12.4. The summed E-state index contributed by atoms with van der Waals surface area (Å²) in [6, 6.07) is 2.22. The number of piperidine rings is 1. The Morgan fingerprint density at radius 1 is 1.44 bits per heavy atom. The normalized spacial score (nSPS) is 23.9. The molecule has 2 aliphatic rings. The molecule has 1 aliphatic carbocycles. The molecule has 1 amide bonds. The lowest BCUT2D eigenvalue weighted by Gasteiger charge is -2.30. The molecule has 1 saturated carbocycles. The number of carbonyl (C=O) groups excluding carboxylic acids is 1. The smallest absolute Gasteiger partial charge is 0.272 e. The third-order valence-electron chi connectivity index (χ3n) is 3.83. The molecule has 5 heteroatoms. The van der Waals surface area contributed by atoms with Crippen molar-refractivity contribution >= 4 is 5.91 Å². The monoisotopic (exact) mass is 248 g/mol. The van der Waals surface area contributed by atoms with Crippen molar-refractivity contribution in [2.75, 3.05) is 19.6 Å². The second-order valence-corrected chi connectivity index (χ2v) is 5.37. The summed E-state index contributed by atoms with van der Waals surface area (Å²) in [4.78, 5) is 14.4. The first-order valence-corrected chi connectivity index (χ1v) is 6.85. The molecule has 1 aromatic rings. The Kier molecular flexibility index (Phi) is 3.32. The van der Waals surface area contributed by atoms with Crippen LogP contribution in [-0.2, 0) is 0 Å². The molecule has 0 radical (unpaired) electrons. The minimum atomic E-state index is 0.112. The summed E-state index contributed by atoms with van der Waals surface area (Å²) in [5.41, 5.74) is 0.616. The number of hydrogen-bond donors (Lipinski definition) is 2. The van der Waals surface area contributed by atoms with Crippen LogP contribution in [0.2, 0.25) is 0 Å². The van der Waals surface area contributed by atoms with Gasteiger partial charge in [-0.05, 0) is 50.8 Å². The van der Waals surface area contributed by atoms with Gasteiger partial charge >= 0.3 is 0 Å². The SMILES string of the molecule is O=C(c1ccn[nH]1)N(CC1CCCNC1)C1CC1. The average Bonchev–Trinajstić information content (AvgIpc) is 3.10. The molecule has 1 atom stereocenters. The highest BCUT2D eigenvalue weighted by Crippen LogP contribution is 2.29. The first-order chi connectivity index (χ1) is 8.84. The van der Waals surface area contributed by atoms with Crippen LogP contribution in [0.25, 0.3) is 0 Å². The van der Waals surface area contributed by atoms with E-state index in [0.717, 1.165) is 32.5 Å². The highest BCUT2D eigenvalue weighted by atomic mass is 16.2. The molecule has 2 N–H and O–H groups in total. The van der Waals surface area contributed by atoms with Gasteiger partial charge in [0.05, 0.1) is 0 Å². The Hall–Kier alpha value is -1.36. The van der Waals surface area contributed by atoms with Crippen molar-refractivity contribution in [1.82, 2.24) is 20.4 Å². The summed E-state index contributed by atoms with van der Waals surface area (Å²) in [6.07, 6.45) is 6.40. The maximum absolute atomic E-state index is 12.4. The molecule has 1 unspecified atom stereocenters. The minimum Gasteiger partial charge on any atom is -0.334 e. The molecular weight excluding hydrogens is 228 g/mol. The minimum absolute atomic E-state index is 0.112. The number of rotatable bonds is 4. The standard InChI is InChI=1S/C13H20N4O/c18-13(12-5-7-15-16-12)17(11-3-4-11)9-10-2-1-6-14-8-10/h5,7,10-11,14H,1-4,6,8-9H2,(H,15,16). The van der Waals surface area contributed by atoms with Crippen LogP contribution < -0.4 is 5.32 Å². The molecule has 98 valence electrons. The zero-order chi connectivity index (χ0) is 12.4. The van der Waals surface area contributed by atoms with E-state index in [9.17, 15) is 4.79 Å². The summed E-state index contributed by atoms with van der Waals surface area (Å²) < 4.78 is 0. The van der Waals surface area contributed by atoms with Gasteiger partial charge < -0.3 is 10.2 Å². The molecule has 2 heterocycles. The van der Waals surface area contributed by atoms with E-state index in [0.29, 0.717) is 17.7 Å². The van der Waals surface area contributed by atoms with Crippen LogP contribution >= 0.6 is 0 Å². The quantitative estimate of drug-likeness (QED) is 0.836. The summed E-state index contributed by atoms with van der Waals surface area (Å²) in [5.74, 6) is 0.715. The number of amides is 1. The lowest BCUT2D eigenvalue weighted by atomic mass is 9.99. The van der Waals surface area contributed by atoms with Crippen molar-refractivity contribution in [3.63, 3.8) is 0 Å². The molecule has 0 spiro atoms. The van der Waals surface area contributed by atoms with E-state index in [-0.39, 0.29) is 5.91 Å². The van der Waals surface area contributed by atoms with Gasteiger partial charge in [0.1, 0.15) is 5.69 Å². The first-order valence-electron chi connectivity index (χ1n) is 6.85. The number of aromatic amines is 1. The Labute approximate surface area is 107 Å². The van der Waals surface area contributed by atoms with Crippen LogP contribution in [0.4, 0.5) is 0 Å². The topological polar surface area (TPSA) is 61.0 Å². The van der Waals surface area contributed by atoms with Crippen LogP contribution in [0.5, 0.6) is 0 Å². The van der Waals surface area contributed by atoms with Crippen LogP contribution in [0, 0.1) is 5.92 Å². The number of aromatic nitrogens is 2. The Morgan fingerprint density at radius 3 is 2.94 bits per heavy atom. The van der Waals surface area contributed by atoms with Crippen molar-refractivity contribution in [2.24, 2.45) is 5.92 Å². The van der Waals surface area contributed by atoms with Gasteiger partial charge in [-0.25, -0.2) is 0 Å². The van der Waals surface area contributed by atoms with Gasteiger partial charge in [-0.2, -0.15) is 5.10 Å². The second-order valence-electron chi connectivity index (χ2n) is 5.37. The highest BCUT2D eigenvalue weighted by Gasteiger charge is 2.35. The largest absolute Gasteiger partial charge is 0.334 e. The van der Waals surface area contributed by atoms with Crippen LogP contribution in [0.1, 0.15) is 36.2 Å². The maximum Gasteiger partial charge on any atom is 0.272 e. The van der Waals surface area contributed by atoms with Gasteiger partial charge in [-0.15, -0.1) is 0 Å². The van der Waals surface area contributed by atoms with E-state index in [1.54, 1.807) is 12.3 Å². The van der Waals surface area contributed by atoms with Crippen molar-refractivity contribution < 1.29 is 4.79 Å². The van der Waals surface area contributed by atoms with Crippen LogP contribution in [-0.4, -0.2) is 46.7 Å². The van der Waals surface area contributed by atoms with E-state index in [4.69, 9.17) is 0 Å². The van der Waals surface area contributed by atoms with E-state index in [2.05, 4.69) is 15.5 Å². The summed E-state index contributed by atoms with van der Waals surface area (Å²) in [5, 5.41) is 10.1. The third kappa shape index (κ3) is 2.56. The first kappa shape index (κ1) is 11.7. The Balaban J connectivity index is 1.66. The molecule has 3 rings (SSSR count). The fourth-order valence-corrected chi connectivity index (χ4v) is 2.67. The number of hydrogen-bond acceptors (Lipinski definition) is 3. The van der Waals surface area contributed by atoms with Gasteiger partial charge in [0.25, 0.3) is 5.91 Å². The zero-order valence-electron chi connectivity index (χ0n) is 10.6. The van der Waals surface area contributed by atoms with Gasteiger partial charge in [0.2, 0.25) is 0 Å². The molecular formula is C13H20N4O. The Bertz CT molecular complexity index is 393. The molecule has 1 saturated heterocycles. The van der Waals surface area contributed by atoms with Gasteiger partial charge in [0.15, 0.2) is 0 Å². The van der Waals surface area contributed by atoms with E-state index >= 15 is 0 Å². The van der Waals surface area contributed by atoms with Crippen molar-refractivity contribution in [3.05, 3.63) is 18.0 Å². The van der Waals surface area contributed by atoms with Crippen LogP contribution in [0.3, 0.4) is 0 Å². The third-order valence-corrected chi connectivity index (χ3v) is 3.83. The van der Waals surface area contributed by atoms with Crippen molar-refractivity contribution in [1.29, 1.82) is 0 Å². The van der Waals surface area contributed by atoms with Gasteiger partial charge in [0, 0.05) is 18.8 Å². The van der Waals surface area contributed by atoms with Gasteiger partial charge in [-0.3, -0.25) is 9.89 Å². The van der Waals surface area contributed by atoms with Crippen molar-refractivity contribution in [3.8, 4) is 0 Å². The molecule has 18 heavy (non-hydrogen) atoms. The molecule has 0 aromatic carbocycles. The second kappa shape index (κ2) is 5.10. The highest BCUT2D eigenvalue weighted by molar-refractivity contribution is 5.92. The number of nitrogens with one attached hydrogen (secondary N) is 2. The number of nitrogens with zero attached hydrogens (tertiary/aromatic N) is 2. The summed E-state index contributed by atoms with van der Waals surface area (Å²) >= 11 is 0. The van der Waals surface area contributed by atoms with E-state index in [1.807, 2.05) is 4.90 Å². The molecule has 0 bridgehead atoms. The van der Waals surface area contributed by atoms with Crippen LogP contribution in [0.15, 0.2) is 12.3 Å². The number of H-pyrrole nitrogens is 1. The fraction of sp³-hybridized carbons (Fsp3) is 0.692. The molecule has 1 aromatic heterocycles. The van der Waals surface area contributed by atoms with Crippen molar-refractivity contribution in [2.45, 2.75) is 31.7 Å². The summed E-state index contributed by atoms with van der Waals surface area (Å²) in [7, 11) is 0. The van der Waals surface area contributed by atoms with E-state index in [1.165, 1.54) is 12.8 Å². The summed E-state index contributed by atoms with van der Waals surface area (Å²) in [6.45, 7) is 3.05. The fourth-order valence-electron chi connectivity index (χ4n) is 2.67. The molecule has 2 fully saturated rings. The Morgan fingerprint density at radius 2 is 2.33 bits per heavy atom. The lowest BCUT2D eigenvalue weighted by Crippen LogP contribution is -2.42. The predicted octanol–water partition coefficient (Wildman–Crippen LogP) is 1.01. The molecule has 1 aliphatic heterocycles. The van der Waals surface area contributed by atoms with E-state index < -0.39 is 0 Å². The molecule has 5 nitrogen and oxygen atoms in total. The lowest BCUT2D eigenvalue weighted by molar-refractivity contribution is 0.0698.